The van der Waals surface area contributed by atoms with Crippen molar-refractivity contribution in [2.75, 3.05) is 30.0 Å². The number of carboxylic acids is 1. The van der Waals surface area contributed by atoms with E-state index in [1.807, 2.05) is 25.1 Å². The second kappa shape index (κ2) is 11.0. The third kappa shape index (κ3) is 6.82. The van der Waals surface area contributed by atoms with Crippen LogP contribution in [0.4, 0.5) is 30.4 Å². The molecule has 0 aliphatic carbocycles. The number of benzene rings is 1. The van der Waals surface area contributed by atoms with Gasteiger partial charge >= 0.3 is 12.1 Å². The molecule has 1 saturated heterocycles. The van der Waals surface area contributed by atoms with Crippen LogP contribution in [0.5, 0.6) is 0 Å². The van der Waals surface area contributed by atoms with E-state index in [-0.39, 0.29) is 24.2 Å². The lowest BCUT2D eigenvalue weighted by atomic mass is 9.95. The SMILES string of the molecule is CC(C)CN(c1ccc(C(C)CC(=O)O)cc1Nc1ccc(C(F)(F)F)nn1)C1CCOCC1. The van der Waals surface area contributed by atoms with Gasteiger partial charge in [0.2, 0.25) is 0 Å². The Balaban J connectivity index is 2.00. The molecular weight excluding hydrogens is 449 g/mol. The highest BCUT2D eigenvalue weighted by molar-refractivity contribution is 5.76. The summed E-state index contributed by atoms with van der Waals surface area (Å²) < 4.78 is 44.2. The number of aromatic nitrogens is 2. The van der Waals surface area contributed by atoms with E-state index in [1.54, 1.807) is 0 Å². The minimum Gasteiger partial charge on any atom is -0.481 e. The average Bonchev–Trinajstić information content (AvgIpc) is 2.77. The molecule has 186 valence electrons. The lowest BCUT2D eigenvalue weighted by molar-refractivity contribution is -0.141. The van der Waals surface area contributed by atoms with Crippen molar-refractivity contribution in [2.24, 2.45) is 5.92 Å². The Hall–Kier alpha value is -2.88. The molecule has 0 saturated carbocycles. The first-order valence-electron chi connectivity index (χ1n) is 11.4. The molecule has 1 atom stereocenters. The summed E-state index contributed by atoms with van der Waals surface area (Å²) in [5.74, 6) is -0.600. The van der Waals surface area contributed by atoms with Gasteiger partial charge in [-0.2, -0.15) is 13.2 Å². The van der Waals surface area contributed by atoms with Crippen molar-refractivity contribution in [3.05, 3.63) is 41.6 Å². The van der Waals surface area contributed by atoms with Gasteiger partial charge in [-0.1, -0.05) is 26.8 Å². The zero-order valence-corrected chi connectivity index (χ0v) is 19.6. The fourth-order valence-electron chi connectivity index (χ4n) is 4.11. The van der Waals surface area contributed by atoms with Crippen molar-refractivity contribution in [1.82, 2.24) is 10.2 Å². The van der Waals surface area contributed by atoms with E-state index < -0.39 is 17.8 Å². The molecule has 1 aliphatic heterocycles. The molecule has 1 fully saturated rings. The molecule has 1 unspecified atom stereocenters. The van der Waals surface area contributed by atoms with Crippen LogP contribution in [-0.2, 0) is 15.7 Å². The summed E-state index contributed by atoms with van der Waals surface area (Å²) in [6.45, 7) is 8.20. The summed E-state index contributed by atoms with van der Waals surface area (Å²) >= 11 is 0. The molecule has 7 nitrogen and oxygen atoms in total. The number of nitrogens with zero attached hydrogens (tertiary/aromatic N) is 3. The highest BCUT2D eigenvalue weighted by Crippen LogP contribution is 2.36. The van der Waals surface area contributed by atoms with Gasteiger partial charge in [-0.25, -0.2) is 0 Å². The number of carboxylic acid groups (broad SMARTS) is 1. The molecule has 1 aromatic carbocycles. The van der Waals surface area contributed by atoms with E-state index in [1.165, 1.54) is 6.07 Å². The molecule has 0 spiro atoms. The fourth-order valence-corrected chi connectivity index (χ4v) is 4.11. The van der Waals surface area contributed by atoms with Crippen LogP contribution < -0.4 is 10.2 Å². The molecule has 0 amide bonds. The van der Waals surface area contributed by atoms with Gasteiger partial charge in [0, 0.05) is 25.8 Å². The zero-order chi connectivity index (χ0) is 24.9. The molecule has 2 heterocycles. The maximum atomic E-state index is 12.9. The standard InChI is InChI=1S/C24H31F3N4O3/c1-15(2)14-31(18-8-10-34-11-9-18)20-5-4-17(16(3)12-23(32)33)13-19(20)28-22-7-6-21(29-30-22)24(25,26)27/h4-7,13,15-16,18H,8-12,14H2,1-3H3,(H,28,30)(H,32,33). The molecule has 3 rings (SSSR count). The Labute approximate surface area is 197 Å². The summed E-state index contributed by atoms with van der Waals surface area (Å²) in [6.07, 6.45) is -2.87. The van der Waals surface area contributed by atoms with E-state index in [4.69, 9.17) is 4.74 Å². The Morgan fingerprint density at radius 2 is 1.88 bits per heavy atom. The van der Waals surface area contributed by atoms with Gasteiger partial charge in [0.1, 0.15) is 0 Å². The van der Waals surface area contributed by atoms with Gasteiger partial charge in [0.15, 0.2) is 11.5 Å². The first-order valence-corrected chi connectivity index (χ1v) is 11.4. The Morgan fingerprint density at radius 1 is 1.18 bits per heavy atom. The van der Waals surface area contributed by atoms with Crippen LogP contribution in [0.1, 0.15) is 57.2 Å². The Morgan fingerprint density at radius 3 is 2.44 bits per heavy atom. The Bertz CT molecular complexity index is 961. The van der Waals surface area contributed by atoms with E-state index in [2.05, 4.69) is 34.3 Å². The van der Waals surface area contributed by atoms with Crippen LogP contribution >= 0.6 is 0 Å². The van der Waals surface area contributed by atoms with Crippen LogP contribution in [-0.4, -0.2) is 47.1 Å². The van der Waals surface area contributed by atoms with Crippen molar-refractivity contribution >= 4 is 23.2 Å². The van der Waals surface area contributed by atoms with Crippen molar-refractivity contribution in [3.8, 4) is 0 Å². The van der Waals surface area contributed by atoms with Gasteiger partial charge in [-0.3, -0.25) is 4.79 Å². The van der Waals surface area contributed by atoms with Gasteiger partial charge in [0.05, 0.1) is 17.8 Å². The molecule has 0 bridgehead atoms. The third-order valence-electron chi connectivity index (χ3n) is 5.79. The highest BCUT2D eigenvalue weighted by atomic mass is 19.4. The first-order chi connectivity index (χ1) is 16.0. The van der Waals surface area contributed by atoms with Crippen molar-refractivity contribution in [3.63, 3.8) is 0 Å². The number of hydrogen-bond acceptors (Lipinski definition) is 6. The topological polar surface area (TPSA) is 87.6 Å². The summed E-state index contributed by atoms with van der Waals surface area (Å²) in [5, 5.41) is 19.4. The fraction of sp³-hybridized carbons (Fsp3) is 0.542. The lowest BCUT2D eigenvalue weighted by Crippen LogP contribution is -2.42. The van der Waals surface area contributed by atoms with Gasteiger partial charge in [-0.15, -0.1) is 10.2 Å². The molecule has 1 aromatic heterocycles. The number of hydrogen-bond donors (Lipinski definition) is 2. The number of rotatable bonds is 9. The number of nitrogens with one attached hydrogen (secondary N) is 1. The monoisotopic (exact) mass is 480 g/mol. The molecule has 34 heavy (non-hydrogen) atoms. The van der Waals surface area contributed by atoms with E-state index in [9.17, 15) is 23.1 Å². The maximum Gasteiger partial charge on any atom is 0.435 e. The minimum atomic E-state index is -4.57. The second-order valence-corrected chi connectivity index (χ2v) is 9.09. The molecular formula is C24H31F3N4O3. The van der Waals surface area contributed by atoms with Crippen molar-refractivity contribution < 1.29 is 27.8 Å². The molecule has 10 heteroatoms. The summed E-state index contributed by atoms with van der Waals surface area (Å²) in [7, 11) is 0. The number of anilines is 3. The second-order valence-electron chi connectivity index (χ2n) is 9.09. The third-order valence-corrected chi connectivity index (χ3v) is 5.79. The van der Waals surface area contributed by atoms with Crippen LogP contribution in [0.25, 0.3) is 0 Å². The van der Waals surface area contributed by atoms with E-state index >= 15 is 0 Å². The van der Waals surface area contributed by atoms with Crippen LogP contribution in [0.3, 0.4) is 0 Å². The molecule has 0 radical (unpaired) electrons. The molecule has 2 N–H and O–H groups in total. The van der Waals surface area contributed by atoms with Gasteiger partial charge < -0.3 is 20.1 Å². The lowest BCUT2D eigenvalue weighted by Gasteiger charge is -2.38. The van der Waals surface area contributed by atoms with Crippen molar-refractivity contribution in [2.45, 2.75) is 58.2 Å². The maximum absolute atomic E-state index is 12.9. The number of halogens is 3. The number of alkyl halides is 3. The number of ether oxygens (including phenoxy) is 1. The summed E-state index contributed by atoms with van der Waals surface area (Å²) in [4.78, 5) is 13.5. The summed E-state index contributed by atoms with van der Waals surface area (Å²) in [6, 6.07) is 8.10. The average molecular weight is 481 g/mol. The van der Waals surface area contributed by atoms with Gasteiger partial charge in [0.25, 0.3) is 0 Å². The van der Waals surface area contributed by atoms with Crippen LogP contribution in [0.2, 0.25) is 0 Å². The normalized spacial score (nSPS) is 15.9. The first kappa shape index (κ1) is 25.7. The van der Waals surface area contributed by atoms with Crippen molar-refractivity contribution in [1.29, 1.82) is 0 Å². The predicted octanol–water partition coefficient (Wildman–Crippen LogP) is 5.46. The summed E-state index contributed by atoms with van der Waals surface area (Å²) in [5.41, 5.74) is 1.28. The molecule has 2 aromatic rings. The van der Waals surface area contributed by atoms with Gasteiger partial charge in [-0.05, 0) is 54.5 Å². The largest absolute Gasteiger partial charge is 0.481 e. The minimum absolute atomic E-state index is 0.0332. The van der Waals surface area contributed by atoms with Crippen LogP contribution in [0.15, 0.2) is 30.3 Å². The smallest absolute Gasteiger partial charge is 0.435 e. The molecule has 1 aliphatic rings. The van der Waals surface area contributed by atoms with Crippen LogP contribution in [0, 0.1) is 5.92 Å². The highest BCUT2D eigenvalue weighted by Gasteiger charge is 2.33. The number of aliphatic carboxylic acids is 1. The zero-order valence-electron chi connectivity index (χ0n) is 19.6. The quantitative estimate of drug-likeness (QED) is 0.493. The Kier molecular flexibility index (Phi) is 8.35. The van der Waals surface area contributed by atoms with E-state index in [0.717, 1.165) is 36.7 Å². The van der Waals surface area contributed by atoms with E-state index in [0.29, 0.717) is 24.8 Å². The number of carbonyl (C=O) groups is 1. The predicted molar refractivity (Wildman–Crippen MR) is 123 cm³/mol.